The second kappa shape index (κ2) is 5.10. The maximum Gasteiger partial charge on any atom is 0.337 e. The van der Waals surface area contributed by atoms with E-state index in [1.807, 2.05) is 30.3 Å². The lowest BCUT2D eigenvalue weighted by Gasteiger charge is -2.10. The summed E-state index contributed by atoms with van der Waals surface area (Å²) in [5.41, 5.74) is 2.24. The molecule has 0 radical (unpaired) electrons. The molecule has 1 aromatic heterocycles. The SMILES string of the molecule is CC(=O)c1cc(C(=O)O)c(C)n1Cc1ccccc1. The van der Waals surface area contributed by atoms with Crippen molar-refractivity contribution in [2.75, 3.05) is 0 Å². The molecule has 98 valence electrons. The van der Waals surface area contributed by atoms with Crippen molar-refractivity contribution in [2.45, 2.75) is 20.4 Å². The summed E-state index contributed by atoms with van der Waals surface area (Å²) in [5, 5.41) is 9.13. The Morgan fingerprint density at radius 1 is 1.21 bits per heavy atom. The number of carbonyl (C=O) groups excluding carboxylic acids is 1. The number of Topliss-reactive ketones (excluding diaryl/α,β-unsaturated/α-hetero) is 1. The zero-order chi connectivity index (χ0) is 14.0. The van der Waals surface area contributed by atoms with Crippen molar-refractivity contribution in [3.63, 3.8) is 0 Å². The normalized spacial score (nSPS) is 10.4. The van der Waals surface area contributed by atoms with E-state index < -0.39 is 5.97 Å². The van der Waals surface area contributed by atoms with E-state index >= 15 is 0 Å². The number of carboxylic acid groups (broad SMARTS) is 1. The average molecular weight is 257 g/mol. The summed E-state index contributed by atoms with van der Waals surface area (Å²) >= 11 is 0. The van der Waals surface area contributed by atoms with E-state index in [-0.39, 0.29) is 11.3 Å². The van der Waals surface area contributed by atoms with Crippen molar-refractivity contribution in [3.8, 4) is 0 Å². The predicted molar refractivity (Wildman–Crippen MR) is 71.7 cm³/mol. The molecular weight excluding hydrogens is 242 g/mol. The van der Waals surface area contributed by atoms with E-state index in [0.29, 0.717) is 17.9 Å². The fourth-order valence-corrected chi connectivity index (χ4v) is 2.12. The number of carbonyl (C=O) groups is 2. The van der Waals surface area contributed by atoms with Crippen molar-refractivity contribution in [3.05, 3.63) is 58.9 Å². The van der Waals surface area contributed by atoms with Gasteiger partial charge in [-0.1, -0.05) is 30.3 Å². The molecule has 0 saturated carbocycles. The molecule has 4 nitrogen and oxygen atoms in total. The smallest absolute Gasteiger partial charge is 0.337 e. The summed E-state index contributed by atoms with van der Waals surface area (Å²) in [6, 6.07) is 11.1. The average Bonchev–Trinajstić information content (AvgIpc) is 2.69. The Morgan fingerprint density at radius 2 is 1.84 bits per heavy atom. The molecule has 4 heteroatoms. The zero-order valence-corrected chi connectivity index (χ0v) is 10.9. The van der Waals surface area contributed by atoms with E-state index in [0.717, 1.165) is 5.56 Å². The Labute approximate surface area is 111 Å². The number of hydrogen-bond donors (Lipinski definition) is 1. The molecule has 0 aliphatic heterocycles. The van der Waals surface area contributed by atoms with Crippen LogP contribution in [0.25, 0.3) is 0 Å². The van der Waals surface area contributed by atoms with Gasteiger partial charge < -0.3 is 9.67 Å². The predicted octanol–water partition coefficient (Wildman–Crippen LogP) is 2.75. The molecule has 0 aliphatic rings. The van der Waals surface area contributed by atoms with E-state index in [4.69, 9.17) is 5.11 Å². The number of benzene rings is 1. The summed E-state index contributed by atoms with van der Waals surface area (Å²) in [6.07, 6.45) is 0. The highest BCUT2D eigenvalue weighted by molar-refractivity contribution is 5.97. The largest absolute Gasteiger partial charge is 0.478 e. The number of hydrogen-bond acceptors (Lipinski definition) is 2. The van der Waals surface area contributed by atoms with Crippen LogP contribution in [-0.4, -0.2) is 21.4 Å². The lowest BCUT2D eigenvalue weighted by Crippen LogP contribution is -2.09. The van der Waals surface area contributed by atoms with Gasteiger partial charge in [-0.3, -0.25) is 4.79 Å². The van der Waals surface area contributed by atoms with Gasteiger partial charge in [0.25, 0.3) is 0 Å². The highest BCUT2D eigenvalue weighted by Crippen LogP contribution is 2.18. The number of rotatable bonds is 4. The van der Waals surface area contributed by atoms with Crippen molar-refractivity contribution >= 4 is 11.8 Å². The molecule has 1 heterocycles. The van der Waals surface area contributed by atoms with Crippen LogP contribution in [0.4, 0.5) is 0 Å². The van der Waals surface area contributed by atoms with E-state index in [9.17, 15) is 9.59 Å². The molecule has 0 spiro atoms. The van der Waals surface area contributed by atoms with Gasteiger partial charge in [0.15, 0.2) is 5.78 Å². The standard InChI is InChI=1S/C15H15NO3/c1-10-13(15(18)19)8-14(11(2)17)16(10)9-12-6-4-3-5-7-12/h3-8H,9H2,1-2H3,(H,18,19). The highest BCUT2D eigenvalue weighted by Gasteiger charge is 2.19. The minimum Gasteiger partial charge on any atom is -0.478 e. The van der Waals surface area contributed by atoms with Crippen LogP contribution in [0, 0.1) is 6.92 Å². The van der Waals surface area contributed by atoms with Gasteiger partial charge >= 0.3 is 5.97 Å². The van der Waals surface area contributed by atoms with E-state index in [2.05, 4.69) is 0 Å². The summed E-state index contributed by atoms with van der Waals surface area (Å²) in [7, 11) is 0. The van der Waals surface area contributed by atoms with E-state index in [1.54, 1.807) is 11.5 Å². The number of aromatic carboxylic acids is 1. The van der Waals surface area contributed by atoms with Gasteiger partial charge in [0, 0.05) is 19.2 Å². The zero-order valence-electron chi connectivity index (χ0n) is 10.9. The van der Waals surface area contributed by atoms with Crippen LogP contribution in [0.3, 0.4) is 0 Å². The van der Waals surface area contributed by atoms with Crippen LogP contribution in [0.2, 0.25) is 0 Å². The molecule has 2 rings (SSSR count). The Kier molecular flexibility index (Phi) is 3.51. The van der Waals surface area contributed by atoms with Gasteiger partial charge in [-0.25, -0.2) is 4.79 Å². The van der Waals surface area contributed by atoms with Gasteiger partial charge in [0.2, 0.25) is 0 Å². The maximum atomic E-state index is 11.6. The molecule has 0 amide bonds. The van der Waals surface area contributed by atoms with Crippen molar-refractivity contribution < 1.29 is 14.7 Å². The van der Waals surface area contributed by atoms with Crippen LogP contribution in [0.1, 0.15) is 39.0 Å². The molecule has 0 unspecified atom stereocenters. The van der Waals surface area contributed by atoms with Crippen molar-refractivity contribution in [2.24, 2.45) is 0 Å². The topological polar surface area (TPSA) is 59.3 Å². The first-order chi connectivity index (χ1) is 9.00. The maximum absolute atomic E-state index is 11.6. The highest BCUT2D eigenvalue weighted by atomic mass is 16.4. The molecule has 19 heavy (non-hydrogen) atoms. The Balaban J connectivity index is 2.49. The number of aromatic nitrogens is 1. The Morgan fingerprint density at radius 3 is 2.37 bits per heavy atom. The second-order valence-electron chi connectivity index (χ2n) is 4.46. The first-order valence-electron chi connectivity index (χ1n) is 5.99. The van der Waals surface area contributed by atoms with E-state index in [1.165, 1.54) is 13.0 Å². The number of nitrogens with zero attached hydrogens (tertiary/aromatic N) is 1. The lowest BCUT2D eigenvalue weighted by molar-refractivity contribution is 0.0696. The molecule has 0 aliphatic carbocycles. The minimum atomic E-state index is -1.01. The summed E-state index contributed by atoms with van der Waals surface area (Å²) in [4.78, 5) is 22.8. The quantitative estimate of drug-likeness (QED) is 0.857. The Hall–Kier alpha value is -2.36. The van der Waals surface area contributed by atoms with Gasteiger partial charge in [0.1, 0.15) is 0 Å². The molecule has 2 aromatic rings. The molecule has 1 aromatic carbocycles. The summed E-state index contributed by atoms with van der Waals surface area (Å²) in [5.74, 6) is -1.14. The third kappa shape index (κ3) is 2.57. The first-order valence-corrected chi connectivity index (χ1v) is 5.99. The fourth-order valence-electron chi connectivity index (χ4n) is 2.12. The van der Waals surface area contributed by atoms with Crippen LogP contribution in [0.15, 0.2) is 36.4 Å². The van der Waals surface area contributed by atoms with Crippen LogP contribution >= 0.6 is 0 Å². The van der Waals surface area contributed by atoms with Gasteiger partial charge in [-0.05, 0) is 18.6 Å². The van der Waals surface area contributed by atoms with Crippen LogP contribution in [0.5, 0.6) is 0 Å². The van der Waals surface area contributed by atoms with Gasteiger partial charge in [-0.2, -0.15) is 0 Å². The Bertz CT molecular complexity index is 626. The first kappa shape index (κ1) is 13.1. The lowest BCUT2D eigenvalue weighted by atomic mass is 10.2. The molecule has 0 bridgehead atoms. The summed E-state index contributed by atoms with van der Waals surface area (Å²) in [6.45, 7) is 3.66. The van der Waals surface area contributed by atoms with Crippen LogP contribution in [-0.2, 0) is 6.54 Å². The third-order valence-corrected chi connectivity index (χ3v) is 3.14. The molecule has 1 N–H and O–H groups in total. The number of ketones is 1. The van der Waals surface area contributed by atoms with Gasteiger partial charge in [0.05, 0.1) is 11.3 Å². The minimum absolute atomic E-state index is 0.133. The molecule has 0 fully saturated rings. The molecule has 0 saturated heterocycles. The monoisotopic (exact) mass is 257 g/mol. The van der Waals surface area contributed by atoms with Crippen molar-refractivity contribution in [1.29, 1.82) is 0 Å². The molecular formula is C15H15NO3. The third-order valence-electron chi connectivity index (χ3n) is 3.14. The van der Waals surface area contributed by atoms with Crippen LogP contribution < -0.4 is 0 Å². The second-order valence-corrected chi connectivity index (χ2v) is 4.46. The fraction of sp³-hybridized carbons (Fsp3) is 0.200. The molecule has 0 atom stereocenters. The van der Waals surface area contributed by atoms with Crippen molar-refractivity contribution in [1.82, 2.24) is 4.57 Å². The van der Waals surface area contributed by atoms with Gasteiger partial charge in [-0.15, -0.1) is 0 Å². The summed E-state index contributed by atoms with van der Waals surface area (Å²) < 4.78 is 1.75. The number of carboxylic acids is 1.